The van der Waals surface area contributed by atoms with E-state index in [1.807, 2.05) is 51.1 Å². The molecule has 0 radical (unpaired) electrons. The lowest BCUT2D eigenvalue weighted by Crippen LogP contribution is -2.50. The first-order valence-electron chi connectivity index (χ1n) is 10.9. The minimum absolute atomic E-state index is 0.128. The van der Waals surface area contributed by atoms with E-state index in [1.165, 1.54) is 0 Å². The maximum atomic E-state index is 13.2. The summed E-state index contributed by atoms with van der Waals surface area (Å²) in [5, 5.41) is 3.59. The average Bonchev–Trinajstić information content (AvgIpc) is 2.76. The van der Waals surface area contributed by atoms with Crippen molar-refractivity contribution in [2.45, 2.75) is 59.5 Å². The van der Waals surface area contributed by atoms with Gasteiger partial charge in [-0.2, -0.15) is 0 Å². The molecule has 2 amide bonds. The van der Waals surface area contributed by atoms with Crippen LogP contribution in [0.4, 0.5) is 0 Å². The summed E-state index contributed by atoms with van der Waals surface area (Å²) in [7, 11) is 0. The molecule has 0 fully saturated rings. The lowest BCUT2D eigenvalue weighted by Gasteiger charge is -2.30. The van der Waals surface area contributed by atoms with Crippen molar-refractivity contribution in [3.05, 3.63) is 64.2 Å². The van der Waals surface area contributed by atoms with Crippen LogP contribution in [0.2, 0.25) is 5.02 Å². The predicted octanol–water partition coefficient (Wildman–Crippen LogP) is 5.06. The Bertz CT molecular complexity index is 868. The zero-order valence-electron chi connectivity index (χ0n) is 18.9. The van der Waals surface area contributed by atoms with Crippen LogP contribution in [0.1, 0.15) is 49.8 Å². The molecule has 1 atom stereocenters. The number of benzene rings is 2. The molecule has 5 nitrogen and oxygen atoms in total. The van der Waals surface area contributed by atoms with E-state index >= 15 is 0 Å². The van der Waals surface area contributed by atoms with E-state index in [9.17, 15) is 9.59 Å². The molecule has 0 bridgehead atoms. The SMILES string of the molecule is CCCCNC(=O)[C@H](CC)N(Cc1ccc(Cl)cc1)C(=O)COc1cccc(C)c1C. The highest BCUT2D eigenvalue weighted by molar-refractivity contribution is 6.30. The second kappa shape index (κ2) is 12.4. The number of aryl methyl sites for hydroxylation is 1. The van der Waals surface area contributed by atoms with Crippen molar-refractivity contribution in [1.29, 1.82) is 0 Å². The number of carbonyl (C=O) groups excluding carboxylic acids is 2. The van der Waals surface area contributed by atoms with Gasteiger partial charge in [0.15, 0.2) is 6.61 Å². The van der Waals surface area contributed by atoms with Crippen molar-refractivity contribution in [2.75, 3.05) is 13.2 Å². The molecule has 0 saturated heterocycles. The van der Waals surface area contributed by atoms with Gasteiger partial charge in [-0.25, -0.2) is 0 Å². The quantitative estimate of drug-likeness (QED) is 0.493. The Morgan fingerprint density at radius 1 is 1.10 bits per heavy atom. The third-order valence-electron chi connectivity index (χ3n) is 5.39. The van der Waals surface area contributed by atoms with Crippen molar-refractivity contribution in [2.24, 2.45) is 0 Å². The minimum atomic E-state index is -0.567. The standard InChI is InChI=1S/C25H33ClN2O3/c1-5-7-15-27-25(30)22(6-2)28(16-20-11-13-21(26)14-12-20)24(29)17-31-23-10-8-9-18(3)19(23)4/h8-14,22H,5-7,15-17H2,1-4H3,(H,27,30)/t22-/m0/s1. The Kier molecular flexibility index (Phi) is 9.86. The Morgan fingerprint density at radius 3 is 2.45 bits per heavy atom. The zero-order chi connectivity index (χ0) is 22.8. The highest BCUT2D eigenvalue weighted by Gasteiger charge is 2.28. The number of nitrogens with zero attached hydrogens (tertiary/aromatic N) is 1. The maximum Gasteiger partial charge on any atom is 0.261 e. The molecule has 168 valence electrons. The van der Waals surface area contributed by atoms with Gasteiger partial charge < -0.3 is 15.0 Å². The normalized spacial score (nSPS) is 11.6. The van der Waals surface area contributed by atoms with E-state index in [1.54, 1.807) is 17.0 Å². The summed E-state index contributed by atoms with van der Waals surface area (Å²) in [6.07, 6.45) is 2.41. The van der Waals surface area contributed by atoms with Crippen LogP contribution in [-0.4, -0.2) is 35.9 Å². The van der Waals surface area contributed by atoms with Crippen LogP contribution in [0, 0.1) is 13.8 Å². The van der Waals surface area contributed by atoms with Crippen LogP contribution in [0.25, 0.3) is 0 Å². The third kappa shape index (κ3) is 7.28. The number of carbonyl (C=O) groups is 2. The Labute approximate surface area is 190 Å². The molecule has 2 rings (SSSR count). The van der Waals surface area contributed by atoms with E-state index < -0.39 is 6.04 Å². The number of amides is 2. The first-order chi connectivity index (χ1) is 14.9. The average molecular weight is 445 g/mol. The second-order valence-corrected chi connectivity index (χ2v) is 8.14. The Morgan fingerprint density at radius 2 is 1.81 bits per heavy atom. The van der Waals surface area contributed by atoms with Gasteiger partial charge in [0.25, 0.3) is 5.91 Å². The summed E-state index contributed by atoms with van der Waals surface area (Å²) in [5.74, 6) is 0.318. The molecule has 31 heavy (non-hydrogen) atoms. The van der Waals surface area contributed by atoms with E-state index in [-0.39, 0.29) is 18.4 Å². The molecule has 2 aromatic rings. The number of nitrogens with one attached hydrogen (secondary N) is 1. The first kappa shape index (κ1) is 24.7. The summed E-state index contributed by atoms with van der Waals surface area (Å²) in [4.78, 5) is 27.7. The van der Waals surface area contributed by atoms with E-state index in [0.717, 1.165) is 29.5 Å². The summed E-state index contributed by atoms with van der Waals surface area (Å²) >= 11 is 6.00. The van der Waals surface area contributed by atoms with Crippen molar-refractivity contribution < 1.29 is 14.3 Å². The fourth-order valence-electron chi connectivity index (χ4n) is 3.32. The highest BCUT2D eigenvalue weighted by atomic mass is 35.5. The topological polar surface area (TPSA) is 58.6 Å². The molecule has 0 spiro atoms. The summed E-state index contributed by atoms with van der Waals surface area (Å²) in [6.45, 7) is 8.75. The third-order valence-corrected chi connectivity index (χ3v) is 5.64. The molecule has 0 aliphatic heterocycles. The van der Waals surface area contributed by atoms with Crippen molar-refractivity contribution in [3.8, 4) is 5.75 Å². The van der Waals surface area contributed by atoms with E-state index in [0.29, 0.717) is 30.3 Å². The fraction of sp³-hybridized carbons (Fsp3) is 0.440. The first-order valence-corrected chi connectivity index (χ1v) is 11.3. The molecule has 0 aromatic heterocycles. The molecule has 1 N–H and O–H groups in total. The number of hydrogen-bond acceptors (Lipinski definition) is 3. The van der Waals surface area contributed by atoms with Crippen LogP contribution in [0.3, 0.4) is 0 Å². The van der Waals surface area contributed by atoms with Gasteiger partial charge in [0.05, 0.1) is 0 Å². The van der Waals surface area contributed by atoms with Gasteiger partial charge in [0.2, 0.25) is 5.91 Å². The smallest absolute Gasteiger partial charge is 0.261 e. The molecule has 0 aliphatic rings. The van der Waals surface area contributed by atoms with Crippen LogP contribution in [-0.2, 0) is 16.1 Å². The number of rotatable bonds is 11. The molecule has 0 saturated carbocycles. The van der Waals surface area contributed by atoms with E-state index in [4.69, 9.17) is 16.3 Å². The lowest BCUT2D eigenvalue weighted by atomic mass is 10.1. The van der Waals surface area contributed by atoms with E-state index in [2.05, 4.69) is 12.2 Å². The summed E-state index contributed by atoms with van der Waals surface area (Å²) in [6, 6.07) is 12.5. The maximum absolute atomic E-state index is 13.2. The highest BCUT2D eigenvalue weighted by Crippen LogP contribution is 2.21. The van der Waals surface area contributed by atoms with Crippen LogP contribution < -0.4 is 10.1 Å². The molecule has 0 heterocycles. The molecular formula is C25H33ClN2O3. The molecule has 6 heteroatoms. The van der Waals surface area contributed by atoms with Crippen molar-refractivity contribution in [3.63, 3.8) is 0 Å². The van der Waals surface area contributed by atoms with Gasteiger partial charge in [-0.3, -0.25) is 9.59 Å². The van der Waals surface area contributed by atoms with Gasteiger partial charge in [-0.05, 0) is 61.6 Å². The number of unbranched alkanes of at least 4 members (excludes halogenated alkanes) is 1. The van der Waals surface area contributed by atoms with Gasteiger partial charge >= 0.3 is 0 Å². The monoisotopic (exact) mass is 444 g/mol. The summed E-state index contributed by atoms with van der Waals surface area (Å²) in [5.41, 5.74) is 3.01. The molecule has 2 aromatic carbocycles. The fourth-order valence-corrected chi connectivity index (χ4v) is 3.44. The predicted molar refractivity (Wildman–Crippen MR) is 125 cm³/mol. The second-order valence-electron chi connectivity index (χ2n) is 7.70. The van der Waals surface area contributed by atoms with Crippen molar-refractivity contribution in [1.82, 2.24) is 10.2 Å². The molecular weight excluding hydrogens is 412 g/mol. The van der Waals surface area contributed by atoms with Gasteiger partial charge in [-0.1, -0.05) is 56.1 Å². The van der Waals surface area contributed by atoms with Gasteiger partial charge in [0, 0.05) is 18.1 Å². The van der Waals surface area contributed by atoms with Crippen LogP contribution in [0.5, 0.6) is 5.75 Å². The summed E-state index contributed by atoms with van der Waals surface area (Å²) < 4.78 is 5.85. The largest absolute Gasteiger partial charge is 0.483 e. The number of hydrogen-bond donors (Lipinski definition) is 1. The number of ether oxygens (including phenoxy) is 1. The minimum Gasteiger partial charge on any atom is -0.483 e. The molecule has 0 aliphatic carbocycles. The zero-order valence-corrected chi connectivity index (χ0v) is 19.7. The van der Waals surface area contributed by atoms with Gasteiger partial charge in [0.1, 0.15) is 11.8 Å². The van der Waals surface area contributed by atoms with Crippen molar-refractivity contribution >= 4 is 23.4 Å². The lowest BCUT2D eigenvalue weighted by molar-refractivity contribution is -0.143. The number of halogens is 1. The molecule has 0 unspecified atom stereocenters. The van der Waals surface area contributed by atoms with Crippen LogP contribution in [0.15, 0.2) is 42.5 Å². The van der Waals surface area contributed by atoms with Crippen LogP contribution >= 0.6 is 11.6 Å². The Hall–Kier alpha value is -2.53. The van der Waals surface area contributed by atoms with Gasteiger partial charge in [-0.15, -0.1) is 0 Å². The Balaban J connectivity index is 2.19.